The van der Waals surface area contributed by atoms with Crippen molar-refractivity contribution in [1.29, 1.82) is 0 Å². The van der Waals surface area contributed by atoms with Crippen LogP contribution >= 0.6 is 0 Å². The van der Waals surface area contributed by atoms with Crippen molar-refractivity contribution < 1.29 is 4.42 Å². The van der Waals surface area contributed by atoms with Crippen LogP contribution in [0.2, 0.25) is 0 Å². The quantitative estimate of drug-likeness (QED) is 0.183. The van der Waals surface area contributed by atoms with Crippen molar-refractivity contribution in [3.63, 3.8) is 0 Å². The van der Waals surface area contributed by atoms with Gasteiger partial charge in [0.15, 0.2) is 5.58 Å². The summed E-state index contributed by atoms with van der Waals surface area (Å²) in [5.41, 5.74) is 11.9. The van der Waals surface area contributed by atoms with Gasteiger partial charge >= 0.3 is 0 Å². The third-order valence-electron chi connectivity index (χ3n) is 10.5. The predicted octanol–water partition coefficient (Wildman–Crippen LogP) is 13.2. The number of para-hydroxylation sites is 6. The molecule has 0 unspecified atom stereocenters. The van der Waals surface area contributed by atoms with Crippen LogP contribution in [0.4, 0.5) is 17.1 Å². The van der Waals surface area contributed by atoms with E-state index >= 15 is 0 Å². The molecule has 0 aliphatic carbocycles. The molecule has 0 fully saturated rings. The number of benzene rings is 8. The first kappa shape index (κ1) is 28.8. The van der Waals surface area contributed by atoms with E-state index in [-0.39, 0.29) is 0 Å². The minimum absolute atomic E-state index is 0.893. The first-order chi connectivity index (χ1) is 25.8. The Morgan fingerprint density at radius 1 is 0.346 bits per heavy atom. The van der Waals surface area contributed by atoms with Gasteiger partial charge in [-0.25, -0.2) is 0 Å². The van der Waals surface area contributed by atoms with Crippen LogP contribution in [-0.4, -0.2) is 9.13 Å². The molecule has 11 aromatic rings. The molecule has 4 heteroatoms. The highest BCUT2D eigenvalue weighted by molar-refractivity contribution is 6.14. The molecular weight excluding hydrogens is 635 g/mol. The van der Waals surface area contributed by atoms with Gasteiger partial charge in [0.2, 0.25) is 0 Å². The number of aromatic nitrogens is 2. The molecule has 3 heterocycles. The van der Waals surface area contributed by atoms with Crippen molar-refractivity contribution in [2.45, 2.75) is 0 Å². The van der Waals surface area contributed by atoms with Gasteiger partial charge in [0, 0.05) is 55.1 Å². The van der Waals surface area contributed by atoms with Gasteiger partial charge in [-0.3, -0.25) is 0 Å². The summed E-state index contributed by atoms with van der Waals surface area (Å²) in [5, 5.41) is 7.08. The molecule has 0 radical (unpaired) electrons. The second-order valence-corrected chi connectivity index (χ2v) is 13.4. The highest BCUT2D eigenvalue weighted by atomic mass is 16.3. The Bertz CT molecular complexity index is 3130. The molecule has 3 aromatic heterocycles. The molecule has 0 spiro atoms. The zero-order valence-electron chi connectivity index (χ0n) is 28.1. The van der Waals surface area contributed by atoms with Crippen LogP contribution in [0.5, 0.6) is 0 Å². The van der Waals surface area contributed by atoms with Crippen molar-refractivity contribution in [1.82, 2.24) is 9.13 Å². The summed E-state index contributed by atoms with van der Waals surface area (Å²) in [6.45, 7) is 0. The third kappa shape index (κ3) is 4.21. The average molecular weight is 666 g/mol. The molecule has 0 bridgehead atoms. The van der Waals surface area contributed by atoms with Crippen molar-refractivity contribution >= 4 is 82.6 Å². The summed E-state index contributed by atoms with van der Waals surface area (Å²) in [7, 11) is 0. The van der Waals surface area contributed by atoms with Gasteiger partial charge in [0.25, 0.3) is 0 Å². The largest absolute Gasteiger partial charge is 0.454 e. The van der Waals surface area contributed by atoms with E-state index in [0.29, 0.717) is 0 Å². The van der Waals surface area contributed by atoms with E-state index in [1.807, 2.05) is 12.1 Å². The van der Waals surface area contributed by atoms with Crippen LogP contribution in [0.25, 0.3) is 76.9 Å². The summed E-state index contributed by atoms with van der Waals surface area (Å²) >= 11 is 0. The number of anilines is 3. The van der Waals surface area contributed by atoms with E-state index in [1.165, 1.54) is 32.6 Å². The third-order valence-corrected chi connectivity index (χ3v) is 10.5. The van der Waals surface area contributed by atoms with Gasteiger partial charge in [-0.1, -0.05) is 103 Å². The van der Waals surface area contributed by atoms with Gasteiger partial charge in [-0.15, -0.1) is 0 Å². The fourth-order valence-corrected chi connectivity index (χ4v) is 8.25. The van der Waals surface area contributed by atoms with E-state index in [1.54, 1.807) is 0 Å². The first-order valence-electron chi connectivity index (χ1n) is 17.7. The van der Waals surface area contributed by atoms with Crippen molar-refractivity contribution in [2.24, 2.45) is 0 Å². The molecule has 8 aromatic carbocycles. The summed E-state index contributed by atoms with van der Waals surface area (Å²) in [4.78, 5) is 2.37. The topological polar surface area (TPSA) is 26.2 Å². The predicted molar refractivity (Wildman–Crippen MR) is 217 cm³/mol. The van der Waals surface area contributed by atoms with Gasteiger partial charge in [-0.2, -0.15) is 0 Å². The summed E-state index contributed by atoms with van der Waals surface area (Å²) in [5.74, 6) is 0. The number of fused-ring (bicyclic) bond motifs is 9. The molecule has 11 rings (SSSR count). The molecule has 52 heavy (non-hydrogen) atoms. The van der Waals surface area contributed by atoms with E-state index in [9.17, 15) is 0 Å². The molecule has 0 saturated heterocycles. The lowest BCUT2D eigenvalue weighted by Crippen LogP contribution is -2.09. The Hall–Kier alpha value is -7.04. The van der Waals surface area contributed by atoms with Gasteiger partial charge in [0.1, 0.15) is 5.58 Å². The first-order valence-corrected chi connectivity index (χ1v) is 17.7. The maximum atomic E-state index is 6.55. The number of hydrogen-bond acceptors (Lipinski definition) is 2. The summed E-state index contributed by atoms with van der Waals surface area (Å²) < 4.78 is 11.3. The van der Waals surface area contributed by atoms with Crippen molar-refractivity contribution in [3.8, 4) is 11.4 Å². The zero-order chi connectivity index (χ0) is 34.2. The Labute approximate surface area is 299 Å². The second kappa shape index (κ2) is 11.2. The number of nitrogens with zero attached hydrogens (tertiary/aromatic N) is 3. The van der Waals surface area contributed by atoms with Gasteiger partial charge < -0.3 is 18.5 Å². The molecule has 4 nitrogen and oxygen atoms in total. The smallest absolute Gasteiger partial charge is 0.159 e. The number of furan rings is 1. The number of rotatable bonds is 5. The molecule has 0 atom stereocenters. The highest BCUT2D eigenvalue weighted by Gasteiger charge is 2.21. The SMILES string of the molecule is c1ccc(N(c2ccc3c(c2)c2ccccc2n3-c2ccccc2)c2ccc3c(c2)c2ccccc2n3-c2cccc3c2oc2ccccc23)cc1. The van der Waals surface area contributed by atoms with E-state index in [0.717, 1.165) is 61.4 Å². The lowest BCUT2D eigenvalue weighted by molar-refractivity contribution is 0.666. The average Bonchev–Trinajstić information content (AvgIpc) is 3.86. The fraction of sp³-hybridized carbons (Fsp3) is 0. The maximum Gasteiger partial charge on any atom is 0.159 e. The lowest BCUT2D eigenvalue weighted by atomic mass is 10.1. The molecule has 0 saturated carbocycles. The normalized spacial score (nSPS) is 11.8. The summed E-state index contributed by atoms with van der Waals surface area (Å²) in [6.07, 6.45) is 0. The van der Waals surface area contributed by atoms with E-state index in [4.69, 9.17) is 4.42 Å². The Morgan fingerprint density at radius 2 is 0.865 bits per heavy atom. The zero-order valence-corrected chi connectivity index (χ0v) is 28.1. The maximum absolute atomic E-state index is 6.55. The van der Waals surface area contributed by atoms with Crippen molar-refractivity contribution in [2.75, 3.05) is 4.90 Å². The molecule has 244 valence electrons. The van der Waals surface area contributed by atoms with E-state index < -0.39 is 0 Å². The molecule has 0 N–H and O–H groups in total. The van der Waals surface area contributed by atoms with Gasteiger partial charge in [-0.05, 0) is 84.9 Å². The molecule has 0 amide bonds. The number of hydrogen-bond donors (Lipinski definition) is 0. The Balaban J connectivity index is 1.14. The van der Waals surface area contributed by atoms with Crippen LogP contribution in [0.3, 0.4) is 0 Å². The molecular formula is C48H31N3O. The molecule has 0 aliphatic rings. The van der Waals surface area contributed by atoms with Crippen LogP contribution in [0.1, 0.15) is 0 Å². The standard InChI is InChI=1S/C48H31N3O/c1-3-14-32(15-4-1)49(34-26-28-44-40(30-34)36-18-7-10-22-42(36)50(44)33-16-5-2-6-17-33)35-27-29-45-41(31-35)37-19-8-11-23-43(37)51(45)46-24-13-21-39-38-20-9-12-25-47(38)52-48(39)46/h1-31H. The lowest BCUT2D eigenvalue weighted by Gasteiger charge is -2.26. The minimum Gasteiger partial charge on any atom is -0.454 e. The van der Waals surface area contributed by atoms with Gasteiger partial charge in [0.05, 0.1) is 27.8 Å². The van der Waals surface area contributed by atoms with Crippen LogP contribution in [0, 0.1) is 0 Å². The minimum atomic E-state index is 0.893. The Morgan fingerprint density at radius 3 is 1.56 bits per heavy atom. The van der Waals surface area contributed by atoms with E-state index in [2.05, 4.69) is 190 Å². The van der Waals surface area contributed by atoms with Crippen LogP contribution < -0.4 is 4.90 Å². The molecule has 0 aliphatic heterocycles. The Kier molecular flexibility index (Phi) is 6.22. The van der Waals surface area contributed by atoms with Crippen molar-refractivity contribution in [3.05, 3.63) is 188 Å². The highest BCUT2D eigenvalue weighted by Crippen LogP contribution is 2.43. The van der Waals surface area contributed by atoms with Crippen LogP contribution in [-0.2, 0) is 0 Å². The fourth-order valence-electron chi connectivity index (χ4n) is 8.25. The second-order valence-electron chi connectivity index (χ2n) is 13.4. The van der Waals surface area contributed by atoms with Crippen LogP contribution in [0.15, 0.2) is 192 Å². The monoisotopic (exact) mass is 665 g/mol. The summed E-state index contributed by atoms with van der Waals surface area (Å²) in [6, 6.07) is 67.2.